The van der Waals surface area contributed by atoms with Crippen molar-refractivity contribution in [2.75, 3.05) is 0 Å². The summed E-state index contributed by atoms with van der Waals surface area (Å²) < 4.78 is 16.6. The van der Waals surface area contributed by atoms with Crippen LogP contribution in [0.15, 0.2) is 60.8 Å². The zero-order valence-corrected chi connectivity index (χ0v) is 14.2. The summed E-state index contributed by atoms with van der Waals surface area (Å²) in [6.45, 7) is 4.28. The Labute approximate surface area is 148 Å². The summed E-state index contributed by atoms with van der Waals surface area (Å²) in [4.78, 5) is 16.2. The number of nitrogens with zero attached hydrogens (tertiary/aromatic N) is 4. The second-order valence-electron chi connectivity index (χ2n) is 6.10. The van der Waals surface area contributed by atoms with Gasteiger partial charge in [-0.1, -0.05) is 43.3 Å². The van der Waals surface area contributed by atoms with Crippen molar-refractivity contribution in [2.24, 2.45) is 0 Å². The van der Waals surface area contributed by atoms with Gasteiger partial charge in [0.1, 0.15) is 6.54 Å². The van der Waals surface area contributed by atoms with Gasteiger partial charge in [0.15, 0.2) is 5.76 Å². The van der Waals surface area contributed by atoms with Crippen molar-refractivity contribution in [3.63, 3.8) is 0 Å². The van der Waals surface area contributed by atoms with Crippen LogP contribution in [0.2, 0.25) is 0 Å². The molecule has 0 unspecified atom stereocenters. The minimum atomic E-state index is -0.627. The quantitative estimate of drug-likeness (QED) is 0.543. The Morgan fingerprint density at radius 1 is 1.15 bits per heavy atom. The van der Waals surface area contributed by atoms with Crippen molar-refractivity contribution in [1.29, 1.82) is 0 Å². The fraction of sp³-hybridized carbons (Fsp3) is 0.222. The maximum absolute atomic E-state index is 11.9. The lowest BCUT2D eigenvalue weighted by Gasteiger charge is -2.04. The smallest absolute Gasteiger partial charge is 0.437 e. The Bertz CT molecular complexity index is 1060. The second kappa shape index (κ2) is 6.47. The number of hydrogen-bond acceptors (Lipinski definition) is 7. The highest BCUT2D eigenvalue weighted by Crippen LogP contribution is 2.21. The van der Waals surface area contributed by atoms with Gasteiger partial charge in [-0.05, 0) is 23.6 Å². The van der Waals surface area contributed by atoms with E-state index in [1.54, 1.807) is 12.1 Å². The third-order valence-corrected chi connectivity index (χ3v) is 3.93. The zero-order valence-electron chi connectivity index (χ0n) is 14.2. The van der Waals surface area contributed by atoms with Gasteiger partial charge < -0.3 is 13.4 Å². The summed E-state index contributed by atoms with van der Waals surface area (Å²) >= 11 is 0. The number of hydrogen-bond donors (Lipinski definition) is 0. The molecule has 1 aromatic carbocycles. The van der Waals surface area contributed by atoms with Crippen LogP contribution in [-0.4, -0.2) is 19.9 Å². The molecule has 3 heterocycles. The van der Waals surface area contributed by atoms with E-state index in [2.05, 4.69) is 29.1 Å². The minimum absolute atomic E-state index is 0.0140. The fourth-order valence-electron chi connectivity index (χ4n) is 2.49. The van der Waals surface area contributed by atoms with E-state index in [4.69, 9.17) is 13.4 Å². The normalized spacial score (nSPS) is 11.3. The van der Waals surface area contributed by atoms with E-state index in [-0.39, 0.29) is 18.3 Å². The zero-order chi connectivity index (χ0) is 18.1. The molecule has 0 amide bonds. The van der Waals surface area contributed by atoms with Crippen molar-refractivity contribution in [3.8, 4) is 23.0 Å². The van der Waals surface area contributed by atoms with Crippen LogP contribution in [-0.2, 0) is 6.54 Å². The Kier molecular flexibility index (Phi) is 4.00. The Morgan fingerprint density at radius 2 is 1.96 bits per heavy atom. The molecule has 0 aliphatic rings. The van der Waals surface area contributed by atoms with Gasteiger partial charge >= 0.3 is 5.76 Å². The van der Waals surface area contributed by atoms with Crippen LogP contribution in [0.4, 0.5) is 0 Å². The first kappa shape index (κ1) is 16.1. The topological polar surface area (TPSA) is 100 Å². The average Bonchev–Trinajstić information content (AvgIpc) is 3.37. The third kappa shape index (κ3) is 3.08. The largest absolute Gasteiger partial charge is 0.459 e. The van der Waals surface area contributed by atoms with Crippen LogP contribution in [0.1, 0.15) is 31.2 Å². The summed E-state index contributed by atoms with van der Waals surface area (Å²) in [6.07, 6.45) is 1.48. The molecule has 26 heavy (non-hydrogen) atoms. The lowest BCUT2D eigenvalue weighted by molar-refractivity contribution is 0.360. The summed E-state index contributed by atoms with van der Waals surface area (Å²) in [6, 6.07) is 11.3. The van der Waals surface area contributed by atoms with Gasteiger partial charge in [-0.25, -0.2) is 4.79 Å². The molecule has 0 aliphatic heterocycles. The average molecular weight is 352 g/mol. The van der Waals surface area contributed by atoms with Crippen molar-refractivity contribution in [2.45, 2.75) is 26.3 Å². The molecule has 132 valence electrons. The van der Waals surface area contributed by atoms with Crippen LogP contribution < -0.4 is 5.76 Å². The number of benzene rings is 1. The molecule has 0 saturated heterocycles. The van der Waals surface area contributed by atoms with Crippen molar-refractivity contribution in [3.05, 3.63) is 64.7 Å². The van der Waals surface area contributed by atoms with E-state index in [1.165, 1.54) is 11.8 Å². The van der Waals surface area contributed by atoms with Crippen LogP contribution in [0.5, 0.6) is 0 Å². The van der Waals surface area contributed by atoms with E-state index in [0.29, 0.717) is 17.5 Å². The summed E-state index contributed by atoms with van der Waals surface area (Å²) in [5.74, 6) is 1.01. The van der Waals surface area contributed by atoms with Crippen LogP contribution in [0, 0.1) is 0 Å². The summed E-state index contributed by atoms with van der Waals surface area (Å²) in [5.41, 5.74) is 2.07. The first-order valence-corrected chi connectivity index (χ1v) is 8.15. The van der Waals surface area contributed by atoms with E-state index < -0.39 is 5.76 Å². The summed E-state index contributed by atoms with van der Waals surface area (Å²) in [5, 5.41) is 8.04. The van der Waals surface area contributed by atoms with Gasteiger partial charge in [0.05, 0.1) is 6.26 Å². The predicted molar refractivity (Wildman–Crippen MR) is 91.4 cm³/mol. The minimum Gasteiger partial charge on any atom is -0.459 e. The third-order valence-electron chi connectivity index (χ3n) is 3.93. The molecule has 0 atom stereocenters. The Hall–Kier alpha value is -3.42. The molecule has 0 saturated carbocycles. The van der Waals surface area contributed by atoms with Crippen LogP contribution >= 0.6 is 0 Å². The molecule has 8 heteroatoms. The molecular weight excluding hydrogens is 336 g/mol. The van der Waals surface area contributed by atoms with Crippen LogP contribution in [0.3, 0.4) is 0 Å². The number of aromatic nitrogens is 4. The standard InChI is InChI=1S/C18H16N4O4/c1-11(2)12-5-7-13(8-6-12)16-19-15(26-21-16)10-22-18(23)25-17(20-22)14-4-3-9-24-14/h3-9,11H,10H2,1-2H3. The highest BCUT2D eigenvalue weighted by Gasteiger charge is 2.16. The van der Waals surface area contributed by atoms with Crippen molar-refractivity contribution in [1.82, 2.24) is 19.9 Å². The van der Waals surface area contributed by atoms with E-state index in [1.807, 2.05) is 24.3 Å². The maximum Gasteiger partial charge on any atom is 0.437 e. The molecule has 4 aromatic rings. The van der Waals surface area contributed by atoms with Crippen molar-refractivity contribution >= 4 is 0 Å². The molecule has 8 nitrogen and oxygen atoms in total. The van der Waals surface area contributed by atoms with Gasteiger partial charge in [-0.3, -0.25) is 0 Å². The van der Waals surface area contributed by atoms with Gasteiger partial charge in [0.25, 0.3) is 5.89 Å². The molecule has 0 radical (unpaired) electrons. The van der Waals surface area contributed by atoms with E-state index >= 15 is 0 Å². The lowest BCUT2D eigenvalue weighted by atomic mass is 10.0. The first-order valence-electron chi connectivity index (χ1n) is 8.15. The molecule has 3 aromatic heterocycles. The molecule has 0 bridgehead atoms. The summed E-state index contributed by atoms with van der Waals surface area (Å²) in [7, 11) is 0. The van der Waals surface area contributed by atoms with Gasteiger partial charge in [0.2, 0.25) is 11.7 Å². The maximum atomic E-state index is 11.9. The predicted octanol–water partition coefficient (Wildman–Crippen LogP) is 3.32. The molecule has 0 spiro atoms. The Balaban J connectivity index is 1.55. The van der Waals surface area contributed by atoms with Gasteiger partial charge in [-0.2, -0.15) is 9.67 Å². The van der Waals surface area contributed by atoms with E-state index in [0.717, 1.165) is 10.2 Å². The monoisotopic (exact) mass is 352 g/mol. The number of furan rings is 1. The van der Waals surface area contributed by atoms with Gasteiger partial charge in [0, 0.05) is 5.56 Å². The molecule has 0 N–H and O–H groups in total. The SMILES string of the molecule is CC(C)c1ccc(-c2noc(Cn3nc(-c4ccco4)oc3=O)n2)cc1. The first-order chi connectivity index (χ1) is 12.6. The highest BCUT2D eigenvalue weighted by molar-refractivity contribution is 5.54. The molecule has 4 rings (SSSR count). The van der Waals surface area contributed by atoms with Gasteiger partial charge in [-0.15, -0.1) is 5.10 Å². The lowest BCUT2D eigenvalue weighted by Crippen LogP contribution is -2.16. The van der Waals surface area contributed by atoms with Crippen molar-refractivity contribution < 1.29 is 13.4 Å². The highest BCUT2D eigenvalue weighted by atomic mass is 16.5. The fourth-order valence-corrected chi connectivity index (χ4v) is 2.49. The molecule has 0 aliphatic carbocycles. The molecular formula is C18H16N4O4. The van der Waals surface area contributed by atoms with Crippen LogP contribution in [0.25, 0.3) is 23.0 Å². The number of rotatable bonds is 5. The Morgan fingerprint density at radius 3 is 2.65 bits per heavy atom. The second-order valence-corrected chi connectivity index (χ2v) is 6.10. The van der Waals surface area contributed by atoms with E-state index in [9.17, 15) is 4.79 Å². The molecule has 0 fully saturated rings.